The van der Waals surface area contributed by atoms with E-state index < -0.39 is 17.9 Å². The largest absolute Gasteiger partial charge is 0.479 e. The van der Waals surface area contributed by atoms with E-state index in [1.165, 1.54) is 18.6 Å². The zero-order chi connectivity index (χ0) is 13.7. The normalized spacial score (nSPS) is 16.3. The van der Waals surface area contributed by atoms with Gasteiger partial charge >= 0.3 is 5.97 Å². The maximum absolute atomic E-state index is 11.9. The molecule has 1 aliphatic carbocycles. The van der Waals surface area contributed by atoms with Crippen molar-refractivity contribution in [1.82, 2.24) is 15.3 Å². The number of hydrogen-bond donors (Lipinski definition) is 2. The van der Waals surface area contributed by atoms with Gasteiger partial charge in [-0.05, 0) is 31.3 Å². The Morgan fingerprint density at radius 3 is 2.74 bits per heavy atom. The second-order valence-electron chi connectivity index (χ2n) is 4.36. The van der Waals surface area contributed by atoms with Crippen LogP contribution in [-0.2, 0) is 4.79 Å². The molecule has 1 aliphatic rings. The minimum absolute atomic E-state index is 0.116. The summed E-state index contributed by atoms with van der Waals surface area (Å²) < 4.78 is 0. The van der Waals surface area contributed by atoms with Gasteiger partial charge < -0.3 is 10.4 Å². The van der Waals surface area contributed by atoms with Crippen molar-refractivity contribution in [1.29, 1.82) is 0 Å². The lowest BCUT2D eigenvalue weighted by atomic mass is 9.94. The van der Waals surface area contributed by atoms with Gasteiger partial charge in [-0.1, -0.05) is 6.08 Å². The molecule has 0 aliphatic heterocycles. The molecule has 0 radical (unpaired) electrons. The zero-order valence-electron chi connectivity index (χ0n) is 10.4. The van der Waals surface area contributed by atoms with Gasteiger partial charge in [0.1, 0.15) is 11.7 Å². The Morgan fingerprint density at radius 2 is 2.16 bits per heavy atom. The van der Waals surface area contributed by atoms with Gasteiger partial charge in [-0.25, -0.2) is 9.78 Å². The summed E-state index contributed by atoms with van der Waals surface area (Å²) in [7, 11) is 0. The smallest absolute Gasteiger partial charge is 0.330 e. The van der Waals surface area contributed by atoms with Gasteiger partial charge in [0.15, 0.2) is 0 Å². The predicted octanol–water partition coefficient (Wildman–Crippen LogP) is 1.16. The molecule has 1 heterocycles. The van der Waals surface area contributed by atoms with E-state index in [2.05, 4.69) is 15.3 Å². The first-order chi connectivity index (χ1) is 9.18. The molecule has 6 heteroatoms. The topological polar surface area (TPSA) is 92.2 Å². The Morgan fingerprint density at radius 1 is 1.32 bits per heavy atom. The van der Waals surface area contributed by atoms with Crippen LogP contribution in [0.25, 0.3) is 0 Å². The van der Waals surface area contributed by atoms with Gasteiger partial charge in [0.05, 0.1) is 6.20 Å². The molecule has 19 heavy (non-hydrogen) atoms. The Balaban J connectivity index is 2.11. The molecule has 1 atom stereocenters. The highest BCUT2D eigenvalue weighted by Gasteiger charge is 2.25. The molecule has 0 spiro atoms. The number of nitrogens with one attached hydrogen (secondary N) is 1. The van der Waals surface area contributed by atoms with Crippen LogP contribution in [0.15, 0.2) is 30.2 Å². The van der Waals surface area contributed by atoms with Crippen LogP contribution in [0.1, 0.15) is 36.2 Å². The molecule has 0 saturated carbocycles. The third-order valence-electron chi connectivity index (χ3n) is 3.02. The summed E-state index contributed by atoms with van der Waals surface area (Å²) in [6.45, 7) is 0. The summed E-state index contributed by atoms with van der Waals surface area (Å²) in [4.78, 5) is 30.8. The van der Waals surface area contributed by atoms with Crippen molar-refractivity contribution in [3.05, 3.63) is 35.9 Å². The minimum Gasteiger partial charge on any atom is -0.479 e. The number of rotatable bonds is 4. The molecule has 0 aromatic carbocycles. The molecule has 1 amide bonds. The van der Waals surface area contributed by atoms with Crippen molar-refractivity contribution in [3.63, 3.8) is 0 Å². The summed E-state index contributed by atoms with van der Waals surface area (Å²) in [6.07, 6.45) is 9.64. The van der Waals surface area contributed by atoms with E-state index in [0.29, 0.717) is 6.42 Å². The van der Waals surface area contributed by atoms with Crippen molar-refractivity contribution >= 4 is 11.9 Å². The lowest BCUT2D eigenvalue weighted by Gasteiger charge is -2.20. The lowest BCUT2D eigenvalue weighted by Crippen LogP contribution is -2.42. The summed E-state index contributed by atoms with van der Waals surface area (Å²) in [5.41, 5.74) is 0.876. The quantitative estimate of drug-likeness (QED) is 0.793. The Bertz CT molecular complexity index is 499. The Kier molecular flexibility index (Phi) is 4.22. The maximum Gasteiger partial charge on any atom is 0.330 e. The van der Waals surface area contributed by atoms with Gasteiger partial charge in [0, 0.05) is 12.4 Å². The van der Waals surface area contributed by atoms with E-state index in [0.717, 1.165) is 24.8 Å². The average Bonchev–Trinajstić information content (AvgIpc) is 2.46. The molecule has 1 unspecified atom stereocenters. The van der Waals surface area contributed by atoms with Crippen LogP contribution in [0.4, 0.5) is 0 Å². The first-order valence-electron chi connectivity index (χ1n) is 6.17. The van der Waals surface area contributed by atoms with E-state index in [9.17, 15) is 14.7 Å². The van der Waals surface area contributed by atoms with Crippen LogP contribution in [0.2, 0.25) is 0 Å². The molecule has 1 aromatic heterocycles. The fourth-order valence-electron chi connectivity index (χ4n) is 2.06. The van der Waals surface area contributed by atoms with Crippen LogP contribution >= 0.6 is 0 Å². The molecule has 1 aromatic rings. The highest BCUT2D eigenvalue weighted by Crippen LogP contribution is 2.20. The van der Waals surface area contributed by atoms with Crippen molar-refractivity contribution in [2.45, 2.75) is 31.7 Å². The first-order valence-corrected chi connectivity index (χ1v) is 6.17. The number of amides is 1. The highest BCUT2D eigenvalue weighted by atomic mass is 16.4. The van der Waals surface area contributed by atoms with Crippen molar-refractivity contribution < 1.29 is 14.7 Å². The standard InChI is InChI=1S/C13H15N3O3/c17-12(10-8-14-6-7-15-10)16-11(13(18)19)9-4-2-1-3-5-9/h4,6-8,11H,1-3,5H2,(H,16,17)(H,18,19). The number of nitrogens with zero attached hydrogens (tertiary/aromatic N) is 2. The molecular formula is C13H15N3O3. The van der Waals surface area contributed by atoms with Gasteiger partial charge in [-0.15, -0.1) is 0 Å². The van der Waals surface area contributed by atoms with E-state index in [4.69, 9.17) is 0 Å². The molecule has 2 N–H and O–H groups in total. The van der Waals surface area contributed by atoms with Gasteiger partial charge in [0.25, 0.3) is 5.91 Å². The lowest BCUT2D eigenvalue weighted by molar-refractivity contribution is -0.138. The third-order valence-corrected chi connectivity index (χ3v) is 3.02. The second-order valence-corrected chi connectivity index (χ2v) is 4.36. The zero-order valence-corrected chi connectivity index (χ0v) is 10.4. The third kappa shape index (κ3) is 3.37. The SMILES string of the molecule is O=C(NC(C(=O)O)C1=CCCCC1)c1cnccn1. The van der Waals surface area contributed by atoms with Crippen molar-refractivity contribution in [2.75, 3.05) is 0 Å². The predicted molar refractivity (Wildman–Crippen MR) is 67.5 cm³/mol. The molecule has 0 saturated heterocycles. The molecule has 6 nitrogen and oxygen atoms in total. The van der Waals surface area contributed by atoms with Gasteiger partial charge in [-0.2, -0.15) is 0 Å². The van der Waals surface area contributed by atoms with Crippen LogP contribution < -0.4 is 5.32 Å². The number of allylic oxidation sites excluding steroid dienone is 1. The fraction of sp³-hybridized carbons (Fsp3) is 0.385. The Hall–Kier alpha value is -2.24. The molecule has 0 fully saturated rings. The van der Waals surface area contributed by atoms with Crippen molar-refractivity contribution in [3.8, 4) is 0 Å². The van der Waals surface area contributed by atoms with Gasteiger partial charge in [0.2, 0.25) is 0 Å². The van der Waals surface area contributed by atoms with Gasteiger partial charge in [-0.3, -0.25) is 9.78 Å². The number of carbonyl (C=O) groups excluding carboxylic acids is 1. The number of hydrogen-bond acceptors (Lipinski definition) is 4. The van der Waals surface area contributed by atoms with Crippen LogP contribution in [-0.4, -0.2) is 33.0 Å². The van der Waals surface area contributed by atoms with E-state index in [1.807, 2.05) is 6.08 Å². The number of carbonyl (C=O) groups is 2. The van der Waals surface area contributed by atoms with Crippen LogP contribution in [0.3, 0.4) is 0 Å². The monoisotopic (exact) mass is 261 g/mol. The number of carboxylic acids is 1. The van der Waals surface area contributed by atoms with Crippen LogP contribution in [0, 0.1) is 0 Å². The summed E-state index contributed by atoms with van der Waals surface area (Å²) in [5, 5.41) is 11.7. The van der Waals surface area contributed by atoms with Crippen LogP contribution in [0.5, 0.6) is 0 Å². The number of aromatic nitrogens is 2. The minimum atomic E-state index is -1.05. The molecular weight excluding hydrogens is 246 g/mol. The first kappa shape index (κ1) is 13.2. The molecule has 0 bridgehead atoms. The number of aliphatic carboxylic acids is 1. The Labute approximate surface area is 110 Å². The van der Waals surface area contributed by atoms with E-state index in [1.54, 1.807) is 0 Å². The summed E-state index contributed by atoms with van der Waals surface area (Å²) in [6, 6.07) is -0.977. The maximum atomic E-state index is 11.9. The number of carboxylic acid groups (broad SMARTS) is 1. The molecule has 2 rings (SSSR count). The average molecular weight is 261 g/mol. The molecule has 100 valence electrons. The summed E-state index contributed by atoms with van der Waals surface area (Å²) in [5.74, 6) is -1.57. The highest BCUT2D eigenvalue weighted by molar-refractivity contribution is 5.95. The van der Waals surface area contributed by atoms with Crippen molar-refractivity contribution in [2.24, 2.45) is 0 Å². The van der Waals surface area contributed by atoms with E-state index >= 15 is 0 Å². The summed E-state index contributed by atoms with van der Waals surface area (Å²) >= 11 is 0. The second kappa shape index (κ2) is 6.08. The van der Waals surface area contributed by atoms with E-state index in [-0.39, 0.29) is 5.69 Å². The fourth-order valence-corrected chi connectivity index (χ4v) is 2.06.